The zero-order valence-corrected chi connectivity index (χ0v) is 22.6. The van der Waals surface area contributed by atoms with Gasteiger partial charge in [0.05, 0.1) is 12.6 Å². The van der Waals surface area contributed by atoms with Crippen molar-refractivity contribution in [3.63, 3.8) is 0 Å². The van der Waals surface area contributed by atoms with Gasteiger partial charge in [0.25, 0.3) is 0 Å². The summed E-state index contributed by atoms with van der Waals surface area (Å²) in [5, 5.41) is 13.4. The van der Waals surface area contributed by atoms with Gasteiger partial charge in [-0.3, -0.25) is 9.78 Å². The Balaban J connectivity index is 1.37. The Labute approximate surface area is 232 Å². The summed E-state index contributed by atoms with van der Waals surface area (Å²) in [4.78, 5) is 29.7. The summed E-state index contributed by atoms with van der Waals surface area (Å²) in [7, 11) is 2.13. The molecule has 0 aliphatic carbocycles. The van der Waals surface area contributed by atoms with Crippen LogP contribution >= 0.6 is 11.6 Å². The summed E-state index contributed by atoms with van der Waals surface area (Å²) in [5.74, 6) is 0.119. The number of carboxylic acids is 1. The van der Waals surface area contributed by atoms with Gasteiger partial charge < -0.3 is 20.2 Å². The van der Waals surface area contributed by atoms with Gasteiger partial charge in [0, 0.05) is 54.4 Å². The van der Waals surface area contributed by atoms with Crippen molar-refractivity contribution in [3.05, 3.63) is 88.8 Å². The highest BCUT2D eigenvalue weighted by Crippen LogP contribution is 2.47. The highest BCUT2D eigenvalue weighted by molar-refractivity contribution is 6.33. The molecule has 2 aromatic carbocycles. The van der Waals surface area contributed by atoms with E-state index in [0.29, 0.717) is 23.3 Å². The molecule has 8 nitrogen and oxygen atoms in total. The summed E-state index contributed by atoms with van der Waals surface area (Å²) in [6.45, 7) is 4.29. The molecule has 0 amide bonds. The van der Waals surface area contributed by atoms with Crippen molar-refractivity contribution in [1.29, 1.82) is 0 Å². The Kier molecular flexibility index (Phi) is 6.45. The van der Waals surface area contributed by atoms with E-state index < -0.39 is 11.4 Å². The number of halogens is 1. The van der Waals surface area contributed by atoms with Crippen molar-refractivity contribution >= 4 is 40.7 Å². The summed E-state index contributed by atoms with van der Waals surface area (Å²) in [5.41, 5.74) is 7.02. The van der Waals surface area contributed by atoms with E-state index in [4.69, 9.17) is 16.6 Å². The minimum atomic E-state index is -0.840. The number of anilines is 4. The lowest BCUT2D eigenvalue weighted by Gasteiger charge is -2.28. The van der Waals surface area contributed by atoms with Gasteiger partial charge in [-0.1, -0.05) is 42.8 Å². The molecule has 1 unspecified atom stereocenters. The SMILES string of the molecule is CN1CCc2c(cc(Nc3ncc(Cl)c(N4CC(C)(CC(=O)O)c5ccccc54)n3)cc2-c2cccnc2)C1. The van der Waals surface area contributed by atoms with E-state index in [-0.39, 0.29) is 6.42 Å². The topological polar surface area (TPSA) is 94.5 Å². The molecule has 2 aromatic heterocycles. The molecule has 1 atom stereocenters. The van der Waals surface area contributed by atoms with Crippen LogP contribution in [0.5, 0.6) is 0 Å². The average Bonchev–Trinajstić information content (AvgIpc) is 3.21. The van der Waals surface area contributed by atoms with Gasteiger partial charge in [0.2, 0.25) is 5.95 Å². The second kappa shape index (κ2) is 9.94. The van der Waals surface area contributed by atoms with Gasteiger partial charge in [-0.25, -0.2) is 4.98 Å². The fraction of sp³-hybridized carbons (Fsp3) is 0.267. The minimum Gasteiger partial charge on any atom is -0.481 e. The second-order valence-corrected chi connectivity index (χ2v) is 11.0. The molecule has 2 aliphatic rings. The number of hydrogen-bond acceptors (Lipinski definition) is 7. The number of carboxylic acid groups (broad SMARTS) is 1. The second-order valence-electron chi connectivity index (χ2n) is 10.6. The van der Waals surface area contributed by atoms with Crippen LogP contribution in [0.3, 0.4) is 0 Å². The number of nitrogens with one attached hydrogen (secondary N) is 1. The zero-order chi connectivity index (χ0) is 27.1. The number of aliphatic carboxylic acids is 1. The van der Waals surface area contributed by atoms with Crippen molar-refractivity contribution in [1.82, 2.24) is 19.9 Å². The maximum Gasteiger partial charge on any atom is 0.304 e. The fourth-order valence-electron chi connectivity index (χ4n) is 5.84. The van der Waals surface area contributed by atoms with Crippen molar-refractivity contribution in [2.45, 2.75) is 31.7 Å². The first-order chi connectivity index (χ1) is 18.8. The van der Waals surface area contributed by atoms with E-state index in [1.165, 1.54) is 11.1 Å². The lowest BCUT2D eigenvalue weighted by molar-refractivity contribution is -0.138. The molecule has 0 saturated carbocycles. The molecule has 0 bridgehead atoms. The number of rotatable bonds is 6. The maximum atomic E-state index is 11.7. The predicted molar refractivity (Wildman–Crippen MR) is 153 cm³/mol. The van der Waals surface area contributed by atoms with Crippen molar-refractivity contribution in [3.8, 4) is 11.1 Å². The normalized spacial score (nSPS) is 18.5. The summed E-state index contributed by atoms with van der Waals surface area (Å²) >= 11 is 6.64. The largest absolute Gasteiger partial charge is 0.481 e. The number of aromatic nitrogens is 3. The molecule has 2 N–H and O–H groups in total. The Bertz CT molecular complexity index is 1560. The van der Waals surface area contributed by atoms with Crippen LogP contribution in [-0.2, 0) is 23.2 Å². The van der Waals surface area contributed by atoms with Crippen LogP contribution in [0.25, 0.3) is 11.1 Å². The molecule has 0 spiro atoms. The standard InChI is InChI=1S/C30H29ClN6O2/c1-30(14-27(38)39)18-37(26-8-4-3-7-24(26)30)28-25(31)16-33-29(35-28)34-21-12-20-17-36(2)11-9-22(20)23(13-21)19-6-5-10-32-15-19/h3-8,10,12-13,15-16H,9,11,14,17-18H2,1-2H3,(H,38,39)(H,33,34,35). The smallest absolute Gasteiger partial charge is 0.304 e. The Morgan fingerprint density at radius 1 is 1.18 bits per heavy atom. The Morgan fingerprint density at radius 3 is 2.82 bits per heavy atom. The van der Waals surface area contributed by atoms with Crippen LogP contribution in [0.2, 0.25) is 5.02 Å². The van der Waals surface area contributed by atoms with Crippen molar-refractivity contribution in [2.24, 2.45) is 0 Å². The molecule has 0 saturated heterocycles. The van der Waals surface area contributed by atoms with Gasteiger partial charge >= 0.3 is 5.97 Å². The Morgan fingerprint density at radius 2 is 2.03 bits per heavy atom. The van der Waals surface area contributed by atoms with E-state index in [1.54, 1.807) is 12.4 Å². The van der Waals surface area contributed by atoms with Crippen LogP contribution in [-0.4, -0.2) is 51.1 Å². The zero-order valence-electron chi connectivity index (χ0n) is 21.9. The third-order valence-electron chi connectivity index (χ3n) is 7.63. The molecular weight excluding hydrogens is 512 g/mol. The molecule has 4 heterocycles. The highest BCUT2D eigenvalue weighted by atomic mass is 35.5. The van der Waals surface area contributed by atoms with Gasteiger partial charge in [0.15, 0.2) is 5.82 Å². The molecule has 2 aliphatic heterocycles. The van der Waals surface area contributed by atoms with Crippen LogP contribution < -0.4 is 10.2 Å². The molecule has 198 valence electrons. The van der Waals surface area contributed by atoms with E-state index >= 15 is 0 Å². The van der Waals surface area contributed by atoms with Gasteiger partial charge in [-0.15, -0.1) is 0 Å². The number of pyridine rings is 1. The third kappa shape index (κ3) is 4.82. The first kappa shape index (κ1) is 25.3. The molecule has 0 fully saturated rings. The van der Waals surface area contributed by atoms with Crippen molar-refractivity contribution in [2.75, 3.05) is 30.4 Å². The number of nitrogens with zero attached hydrogens (tertiary/aromatic N) is 5. The van der Waals surface area contributed by atoms with E-state index in [9.17, 15) is 9.90 Å². The number of likely N-dealkylation sites (N-methyl/N-ethyl adjacent to an activating group) is 1. The first-order valence-electron chi connectivity index (χ1n) is 12.9. The van der Waals surface area contributed by atoms with Crippen LogP contribution in [0, 0.1) is 0 Å². The number of benzene rings is 2. The first-order valence-corrected chi connectivity index (χ1v) is 13.3. The third-order valence-corrected chi connectivity index (χ3v) is 7.90. The molecule has 4 aromatic rings. The van der Waals surface area contributed by atoms with Crippen LogP contribution in [0.1, 0.15) is 30.0 Å². The number of carbonyl (C=O) groups is 1. The molecule has 39 heavy (non-hydrogen) atoms. The number of hydrogen-bond donors (Lipinski definition) is 2. The monoisotopic (exact) mass is 540 g/mol. The number of fused-ring (bicyclic) bond motifs is 2. The molecule has 9 heteroatoms. The van der Waals surface area contributed by atoms with Gasteiger partial charge in [-0.2, -0.15) is 4.98 Å². The van der Waals surface area contributed by atoms with Crippen LogP contribution in [0.4, 0.5) is 23.1 Å². The molecular formula is C30H29ClN6O2. The highest BCUT2D eigenvalue weighted by Gasteiger charge is 2.42. The Hall–Kier alpha value is -4.01. The van der Waals surface area contributed by atoms with E-state index in [2.05, 4.69) is 45.4 Å². The lowest BCUT2D eigenvalue weighted by atomic mass is 9.81. The lowest BCUT2D eigenvalue weighted by Crippen LogP contribution is -2.31. The van der Waals surface area contributed by atoms with Crippen LogP contribution in [0.15, 0.2) is 67.1 Å². The van der Waals surface area contributed by atoms with E-state index in [1.807, 2.05) is 48.4 Å². The fourth-order valence-corrected chi connectivity index (χ4v) is 6.04. The predicted octanol–water partition coefficient (Wildman–Crippen LogP) is 5.81. The summed E-state index contributed by atoms with van der Waals surface area (Å²) < 4.78 is 0. The average molecular weight is 541 g/mol. The summed E-state index contributed by atoms with van der Waals surface area (Å²) in [6.07, 6.45) is 6.26. The van der Waals surface area contributed by atoms with Crippen molar-refractivity contribution < 1.29 is 9.90 Å². The quantitative estimate of drug-likeness (QED) is 0.316. The molecule has 6 rings (SSSR count). The summed E-state index contributed by atoms with van der Waals surface area (Å²) in [6, 6.07) is 16.2. The minimum absolute atomic E-state index is 0.00894. The van der Waals surface area contributed by atoms with E-state index in [0.717, 1.165) is 47.6 Å². The maximum absolute atomic E-state index is 11.7. The number of para-hydroxylation sites is 1. The van der Waals surface area contributed by atoms with Gasteiger partial charge in [0.1, 0.15) is 5.02 Å². The van der Waals surface area contributed by atoms with Gasteiger partial charge in [-0.05, 0) is 60.0 Å². The molecule has 0 radical (unpaired) electrons.